The summed E-state index contributed by atoms with van der Waals surface area (Å²) in [5.74, 6) is 0.923. The van der Waals surface area contributed by atoms with Crippen molar-refractivity contribution in [3.05, 3.63) is 65.9 Å². The summed E-state index contributed by atoms with van der Waals surface area (Å²) in [5, 5.41) is 9.68. The van der Waals surface area contributed by atoms with Crippen LogP contribution in [0.2, 0.25) is 0 Å². The van der Waals surface area contributed by atoms with Crippen molar-refractivity contribution in [2.45, 2.75) is 6.92 Å². The number of benzene rings is 2. The third kappa shape index (κ3) is 2.57. The smallest absolute Gasteiger partial charge is 0.142 e. The normalized spacial score (nSPS) is 10.2. The van der Waals surface area contributed by atoms with E-state index in [1.165, 1.54) is 0 Å². The van der Waals surface area contributed by atoms with Crippen LogP contribution in [0.15, 0.2) is 54.6 Å². The van der Waals surface area contributed by atoms with Gasteiger partial charge in [-0.25, -0.2) is 4.98 Å². The molecule has 2 aromatic carbocycles. The predicted octanol–water partition coefficient (Wildman–Crippen LogP) is 4.19. The predicted molar refractivity (Wildman–Crippen MR) is 95.5 cm³/mol. The molecule has 4 nitrogen and oxygen atoms in total. The van der Waals surface area contributed by atoms with Crippen molar-refractivity contribution in [2.24, 2.45) is 0 Å². The Morgan fingerprint density at radius 1 is 1.00 bits per heavy atom. The van der Waals surface area contributed by atoms with Crippen LogP contribution in [0.1, 0.15) is 11.3 Å². The number of nitriles is 1. The minimum atomic E-state index is 0.232. The number of hydrogen-bond donors (Lipinski definition) is 1. The first kappa shape index (κ1) is 15.6. The van der Waals surface area contributed by atoms with E-state index in [9.17, 15) is 5.26 Å². The molecule has 0 saturated heterocycles. The number of aromatic nitrogens is 1. The van der Waals surface area contributed by atoms with Gasteiger partial charge in [-0.2, -0.15) is 5.26 Å². The maximum Gasteiger partial charge on any atom is 0.142 e. The number of para-hydroxylation sites is 1. The van der Waals surface area contributed by atoms with Crippen LogP contribution in [0.4, 0.5) is 5.82 Å². The molecule has 0 bridgehead atoms. The standard InChI is InChI=1S/C20H17N3O/c1-13-18(14-8-4-3-5-9-14)19(16(12-21)20(22)23-13)15-10-6-7-11-17(15)24-2/h3-11H,1-2H3,(H2,22,23). The van der Waals surface area contributed by atoms with Gasteiger partial charge < -0.3 is 10.5 Å². The number of nitrogens with two attached hydrogens (primary N) is 1. The molecule has 0 spiro atoms. The first-order valence-corrected chi connectivity index (χ1v) is 7.56. The maximum absolute atomic E-state index is 9.68. The molecule has 1 aromatic heterocycles. The zero-order chi connectivity index (χ0) is 17.1. The molecular weight excluding hydrogens is 298 g/mol. The van der Waals surface area contributed by atoms with Gasteiger partial charge in [-0.3, -0.25) is 0 Å². The zero-order valence-electron chi connectivity index (χ0n) is 13.6. The van der Waals surface area contributed by atoms with Gasteiger partial charge in [0.05, 0.1) is 7.11 Å². The molecular formula is C20H17N3O. The van der Waals surface area contributed by atoms with E-state index in [2.05, 4.69) is 11.1 Å². The lowest BCUT2D eigenvalue weighted by Crippen LogP contribution is -2.04. The quantitative estimate of drug-likeness (QED) is 0.786. The third-order valence-corrected chi connectivity index (χ3v) is 3.96. The number of nitrogens with zero attached hydrogens (tertiary/aromatic N) is 2. The number of anilines is 1. The number of ether oxygens (including phenoxy) is 1. The molecule has 2 N–H and O–H groups in total. The van der Waals surface area contributed by atoms with Gasteiger partial charge in [0.15, 0.2) is 0 Å². The van der Waals surface area contributed by atoms with E-state index in [-0.39, 0.29) is 5.82 Å². The van der Waals surface area contributed by atoms with E-state index in [4.69, 9.17) is 10.5 Å². The number of hydrogen-bond acceptors (Lipinski definition) is 4. The van der Waals surface area contributed by atoms with Gasteiger partial charge >= 0.3 is 0 Å². The second-order valence-electron chi connectivity index (χ2n) is 5.39. The summed E-state index contributed by atoms with van der Waals surface area (Å²) in [7, 11) is 1.62. The Hall–Kier alpha value is -3.32. The summed E-state index contributed by atoms with van der Waals surface area (Å²) in [5.41, 5.74) is 10.6. The maximum atomic E-state index is 9.68. The average molecular weight is 315 g/mol. The molecule has 0 atom stereocenters. The second kappa shape index (κ2) is 6.43. The third-order valence-electron chi connectivity index (χ3n) is 3.96. The van der Waals surface area contributed by atoms with Gasteiger partial charge in [-0.15, -0.1) is 0 Å². The minimum absolute atomic E-state index is 0.232. The second-order valence-corrected chi connectivity index (χ2v) is 5.39. The van der Waals surface area contributed by atoms with Crippen molar-refractivity contribution >= 4 is 5.82 Å². The molecule has 118 valence electrons. The van der Waals surface area contributed by atoms with E-state index in [0.29, 0.717) is 11.3 Å². The SMILES string of the molecule is COc1ccccc1-c1c(C#N)c(N)nc(C)c1-c1ccccc1. The highest BCUT2D eigenvalue weighted by Crippen LogP contribution is 2.42. The van der Waals surface area contributed by atoms with Crippen molar-refractivity contribution in [2.75, 3.05) is 12.8 Å². The topological polar surface area (TPSA) is 71.9 Å². The van der Waals surface area contributed by atoms with E-state index >= 15 is 0 Å². The van der Waals surface area contributed by atoms with E-state index in [1.54, 1.807) is 7.11 Å². The lowest BCUT2D eigenvalue weighted by Gasteiger charge is -2.18. The highest BCUT2D eigenvalue weighted by molar-refractivity contribution is 5.93. The number of rotatable bonds is 3. The average Bonchev–Trinajstić information content (AvgIpc) is 2.62. The molecule has 3 rings (SSSR count). The Labute approximate surface area is 141 Å². The Morgan fingerprint density at radius 2 is 1.67 bits per heavy atom. The van der Waals surface area contributed by atoms with Gasteiger partial charge in [0.2, 0.25) is 0 Å². The number of pyridine rings is 1. The lowest BCUT2D eigenvalue weighted by molar-refractivity contribution is 0.416. The van der Waals surface area contributed by atoms with Crippen LogP contribution in [0.25, 0.3) is 22.3 Å². The number of methoxy groups -OCH3 is 1. The molecule has 0 radical (unpaired) electrons. The van der Waals surface area contributed by atoms with Crippen LogP contribution in [0, 0.1) is 18.3 Å². The van der Waals surface area contributed by atoms with E-state index < -0.39 is 0 Å². The van der Waals surface area contributed by atoms with Crippen LogP contribution < -0.4 is 10.5 Å². The van der Waals surface area contributed by atoms with Crippen molar-refractivity contribution < 1.29 is 4.74 Å². The number of aryl methyl sites for hydroxylation is 1. The fraction of sp³-hybridized carbons (Fsp3) is 0.100. The van der Waals surface area contributed by atoms with Crippen LogP contribution in [0.5, 0.6) is 5.75 Å². The molecule has 0 saturated carbocycles. The molecule has 0 fully saturated rings. The van der Waals surface area contributed by atoms with Crippen molar-refractivity contribution in [3.8, 4) is 34.1 Å². The Balaban J connectivity index is 2.45. The van der Waals surface area contributed by atoms with Gasteiger partial charge in [0.25, 0.3) is 0 Å². The first-order valence-electron chi connectivity index (χ1n) is 7.56. The Morgan fingerprint density at radius 3 is 2.33 bits per heavy atom. The zero-order valence-corrected chi connectivity index (χ0v) is 13.6. The van der Waals surface area contributed by atoms with Crippen molar-refractivity contribution in [1.29, 1.82) is 5.26 Å². The summed E-state index contributed by atoms with van der Waals surface area (Å²) < 4.78 is 5.50. The summed E-state index contributed by atoms with van der Waals surface area (Å²) in [6.45, 7) is 1.90. The summed E-state index contributed by atoms with van der Waals surface area (Å²) >= 11 is 0. The monoisotopic (exact) mass is 315 g/mol. The van der Waals surface area contributed by atoms with Crippen LogP contribution in [-0.2, 0) is 0 Å². The fourth-order valence-electron chi connectivity index (χ4n) is 2.92. The summed E-state index contributed by atoms with van der Waals surface area (Å²) in [6.07, 6.45) is 0. The van der Waals surface area contributed by atoms with E-state index in [0.717, 1.165) is 27.9 Å². The molecule has 4 heteroatoms. The molecule has 3 aromatic rings. The highest BCUT2D eigenvalue weighted by atomic mass is 16.5. The van der Waals surface area contributed by atoms with Gasteiger partial charge in [0.1, 0.15) is 23.2 Å². The van der Waals surface area contributed by atoms with Crippen LogP contribution in [-0.4, -0.2) is 12.1 Å². The summed E-state index contributed by atoms with van der Waals surface area (Å²) in [4.78, 5) is 4.38. The van der Waals surface area contributed by atoms with Crippen LogP contribution >= 0.6 is 0 Å². The fourth-order valence-corrected chi connectivity index (χ4v) is 2.92. The first-order chi connectivity index (χ1) is 11.7. The largest absolute Gasteiger partial charge is 0.496 e. The Kier molecular flexibility index (Phi) is 4.17. The highest BCUT2D eigenvalue weighted by Gasteiger charge is 2.21. The molecule has 24 heavy (non-hydrogen) atoms. The van der Waals surface area contributed by atoms with Crippen molar-refractivity contribution in [3.63, 3.8) is 0 Å². The molecule has 0 unspecified atom stereocenters. The van der Waals surface area contributed by atoms with E-state index in [1.807, 2.05) is 61.5 Å². The van der Waals surface area contributed by atoms with Crippen molar-refractivity contribution in [1.82, 2.24) is 4.98 Å². The Bertz CT molecular complexity index is 928. The molecule has 0 aliphatic heterocycles. The van der Waals surface area contributed by atoms with Crippen LogP contribution in [0.3, 0.4) is 0 Å². The molecule has 0 amide bonds. The molecule has 0 aliphatic rings. The molecule has 1 heterocycles. The van der Waals surface area contributed by atoms with Gasteiger partial charge in [0, 0.05) is 22.4 Å². The minimum Gasteiger partial charge on any atom is -0.496 e. The van der Waals surface area contributed by atoms with Gasteiger partial charge in [-0.1, -0.05) is 48.5 Å². The van der Waals surface area contributed by atoms with Gasteiger partial charge in [-0.05, 0) is 18.6 Å². The lowest BCUT2D eigenvalue weighted by atomic mass is 9.89. The molecule has 0 aliphatic carbocycles. The summed E-state index contributed by atoms with van der Waals surface area (Å²) in [6, 6.07) is 19.7. The number of nitrogen functional groups attached to an aromatic ring is 1.